The number of carbonyl (C=O) groups excluding carboxylic acids is 1. The summed E-state index contributed by atoms with van der Waals surface area (Å²) in [5, 5.41) is 3.44. The topological polar surface area (TPSA) is 77.2 Å². The van der Waals surface area contributed by atoms with Crippen LogP contribution in [0.25, 0.3) is 22.0 Å². The fraction of sp³-hybridized carbons (Fsp3) is 0.0741. The van der Waals surface area contributed by atoms with Gasteiger partial charge in [0.2, 0.25) is 0 Å². The number of halogens is 1. The number of benzene rings is 2. The molecule has 2 aromatic carbocycles. The third-order valence-electron chi connectivity index (χ3n) is 5.59. The summed E-state index contributed by atoms with van der Waals surface area (Å²) in [5.74, 6) is 0.281. The molecule has 0 spiro atoms. The van der Waals surface area contributed by atoms with Gasteiger partial charge in [0.1, 0.15) is 17.0 Å². The van der Waals surface area contributed by atoms with Gasteiger partial charge in [-0.15, -0.1) is 0 Å². The molecule has 1 N–H and O–H groups in total. The minimum absolute atomic E-state index is 0.195. The predicted molar refractivity (Wildman–Crippen MR) is 126 cm³/mol. The lowest BCUT2D eigenvalue weighted by atomic mass is 10.0. The van der Waals surface area contributed by atoms with Crippen molar-refractivity contribution in [1.82, 2.24) is 15.3 Å². The van der Waals surface area contributed by atoms with Crippen LogP contribution in [0.1, 0.15) is 21.5 Å². The number of ether oxygens (including phenoxy) is 1. The van der Waals surface area contributed by atoms with Crippen molar-refractivity contribution in [3.63, 3.8) is 0 Å². The maximum absolute atomic E-state index is 15.2. The molecule has 0 unspecified atom stereocenters. The molecule has 0 saturated heterocycles. The van der Waals surface area contributed by atoms with E-state index in [9.17, 15) is 4.79 Å². The van der Waals surface area contributed by atoms with Crippen molar-refractivity contribution >= 4 is 16.8 Å². The van der Waals surface area contributed by atoms with Gasteiger partial charge in [0.25, 0.3) is 5.91 Å². The van der Waals surface area contributed by atoms with Crippen LogP contribution in [0, 0.1) is 12.7 Å². The first-order valence-electron chi connectivity index (χ1n) is 10.7. The normalized spacial score (nSPS) is 10.9. The van der Waals surface area contributed by atoms with Crippen molar-refractivity contribution in [2.45, 2.75) is 13.5 Å². The number of nitrogens with one attached hydrogen (secondary N) is 1. The van der Waals surface area contributed by atoms with E-state index >= 15 is 4.39 Å². The lowest BCUT2D eigenvalue weighted by Crippen LogP contribution is -2.23. The molecule has 0 bridgehead atoms. The quantitative estimate of drug-likeness (QED) is 0.338. The van der Waals surface area contributed by atoms with Crippen LogP contribution in [0.2, 0.25) is 0 Å². The highest BCUT2D eigenvalue weighted by atomic mass is 19.1. The number of furan rings is 1. The third kappa shape index (κ3) is 4.11. The lowest BCUT2D eigenvalue weighted by Gasteiger charge is -2.14. The molecule has 34 heavy (non-hydrogen) atoms. The molecule has 0 fully saturated rings. The maximum Gasteiger partial charge on any atom is 0.251 e. The molecule has 5 rings (SSSR count). The number of aromatic nitrogens is 2. The predicted octanol–water partition coefficient (Wildman–Crippen LogP) is 6.06. The first-order chi connectivity index (χ1) is 16.6. The van der Waals surface area contributed by atoms with E-state index in [1.165, 1.54) is 18.7 Å². The van der Waals surface area contributed by atoms with E-state index in [4.69, 9.17) is 9.15 Å². The van der Waals surface area contributed by atoms with Crippen LogP contribution < -0.4 is 10.1 Å². The van der Waals surface area contributed by atoms with Crippen molar-refractivity contribution in [3.05, 3.63) is 108 Å². The van der Waals surface area contributed by atoms with Gasteiger partial charge in [0.05, 0.1) is 12.5 Å². The molecule has 6 nitrogen and oxygen atoms in total. The molecular formula is C27H20FN3O3. The van der Waals surface area contributed by atoms with Crippen LogP contribution in [0.3, 0.4) is 0 Å². The highest BCUT2D eigenvalue weighted by molar-refractivity contribution is 5.96. The Morgan fingerprint density at radius 2 is 1.88 bits per heavy atom. The summed E-state index contributed by atoms with van der Waals surface area (Å²) in [4.78, 5) is 21.0. The minimum atomic E-state index is -0.453. The van der Waals surface area contributed by atoms with Crippen molar-refractivity contribution in [2.75, 3.05) is 0 Å². The molecule has 0 aliphatic rings. The zero-order valence-corrected chi connectivity index (χ0v) is 18.3. The standard InChI is InChI=1S/C27H20FN3O3/c1-17-20(27(32)31-15-18-7-11-29-12-8-18)3-2-4-23(17)34-24-9-13-30-26-22(24)6-5-21(25(26)28)19-10-14-33-16-19/h2-14,16H,15H2,1H3,(H,31,32). The number of hydrogen-bond acceptors (Lipinski definition) is 5. The smallest absolute Gasteiger partial charge is 0.251 e. The second-order valence-corrected chi connectivity index (χ2v) is 7.71. The van der Waals surface area contributed by atoms with Gasteiger partial charge in [-0.1, -0.05) is 12.1 Å². The molecule has 3 aromatic heterocycles. The number of fused-ring (bicyclic) bond motifs is 1. The fourth-order valence-corrected chi connectivity index (χ4v) is 3.76. The molecular weight excluding hydrogens is 433 g/mol. The monoisotopic (exact) mass is 453 g/mol. The Balaban J connectivity index is 1.43. The van der Waals surface area contributed by atoms with Gasteiger partial charge in [-0.05, 0) is 55.0 Å². The SMILES string of the molecule is Cc1c(Oc2ccnc3c(F)c(-c4ccoc4)ccc23)cccc1C(=O)NCc1ccncc1. The summed E-state index contributed by atoms with van der Waals surface area (Å²) < 4.78 is 26.4. The summed E-state index contributed by atoms with van der Waals surface area (Å²) in [7, 11) is 0. The van der Waals surface area contributed by atoms with Crippen LogP contribution in [0.4, 0.5) is 4.39 Å². The number of amides is 1. The number of rotatable bonds is 6. The summed E-state index contributed by atoms with van der Waals surface area (Å²) in [6.07, 6.45) is 7.84. The summed E-state index contributed by atoms with van der Waals surface area (Å²) >= 11 is 0. The first kappa shape index (κ1) is 21.3. The van der Waals surface area contributed by atoms with E-state index in [0.29, 0.717) is 45.7 Å². The Hall–Kier alpha value is -4.52. The molecule has 5 aromatic rings. The summed E-state index contributed by atoms with van der Waals surface area (Å²) in [5.41, 5.74) is 3.35. The Morgan fingerprint density at radius 1 is 1.03 bits per heavy atom. The van der Waals surface area contributed by atoms with Gasteiger partial charge in [-0.25, -0.2) is 4.39 Å². The average molecular weight is 453 g/mol. The van der Waals surface area contributed by atoms with Crippen LogP contribution in [-0.2, 0) is 6.54 Å². The molecule has 0 atom stereocenters. The molecule has 0 saturated carbocycles. The van der Waals surface area contributed by atoms with Gasteiger partial charge < -0.3 is 14.5 Å². The molecule has 1 amide bonds. The minimum Gasteiger partial charge on any atom is -0.472 e. The van der Waals surface area contributed by atoms with E-state index in [1.54, 1.807) is 54.9 Å². The number of nitrogens with zero attached hydrogens (tertiary/aromatic N) is 2. The second kappa shape index (κ2) is 9.15. The van der Waals surface area contributed by atoms with E-state index in [0.717, 1.165) is 5.56 Å². The highest BCUT2D eigenvalue weighted by Gasteiger charge is 2.17. The molecule has 168 valence electrons. The van der Waals surface area contributed by atoms with Gasteiger partial charge >= 0.3 is 0 Å². The average Bonchev–Trinajstić information content (AvgIpc) is 3.40. The largest absolute Gasteiger partial charge is 0.472 e. The van der Waals surface area contributed by atoms with Crippen LogP contribution in [0.15, 0.2) is 90.1 Å². The third-order valence-corrected chi connectivity index (χ3v) is 5.59. The zero-order valence-electron chi connectivity index (χ0n) is 18.3. The van der Waals surface area contributed by atoms with Crippen molar-refractivity contribution in [2.24, 2.45) is 0 Å². The van der Waals surface area contributed by atoms with Gasteiger partial charge in [0, 0.05) is 52.8 Å². The molecule has 0 aliphatic heterocycles. The number of pyridine rings is 2. The van der Waals surface area contributed by atoms with Crippen molar-refractivity contribution in [3.8, 4) is 22.6 Å². The van der Waals surface area contributed by atoms with Crippen LogP contribution >= 0.6 is 0 Å². The summed E-state index contributed by atoms with van der Waals surface area (Å²) in [6.45, 7) is 2.21. The summed E-state index contributed by atoms with van der Waals surface area (Å²) in [6, 6.07) is 15.8. The molecule has 0 radical (unpaired) electrons. The van der Waals surface area contributed by atoms with Crippen molar-refractivity contribution in [1.29, 1.82) is 0 Å². The Labute approximate surface area is 195 Å². The molecule has 3 heterocycles. The Morgan fingerprint density at radius 3 is 2.68 bits per heavy atom. The highest BCUT2D eigenvalue weighted by Crippen LogP contribution is 2.35. The lowest BCUT2D eigenvalue weighted by molar-refractivity contribution is 0.0950. The van der Waals surface area contributed by atoms with E-state index in [-0.39, 0.29) is 11.4 Å². The first-order valence-corrected chi connectivity index (χ1v) is 10.7. The van der Waals surface area contributed by atoms with Gasteiger partial charge in [0.15, 0.2) is 5.82 Å². The molecule has 0 aliphatic carbocycles. The van der Waals surface area contributed by atoms with E-state index < -0.39 is 5.82 Å². The number of hydrogen-bond donors (Lipinski definition) is 1. The fourth-order valence-electron chi connectivity index (χ4n) is 3.76. The van der Waals surface area contributed by atoms with E-state index in [1.807, 2.05) is 19.1 Å². The maximum atomic E-state index is 15.2. The number of carbonyl (C=O) groups is 1. The Bertz CT molecular complexity index is 1470. The zero-order chi connectivity index (χ0) is 23.5. The van der Waals surface area contributed by atoms with E-state index in [2.05, 4.69) is 15.3 Å². The van der Waals surface area contributed by atoms with Gasteiger partial charge in [-0.2, -0.15) is 0 Å². The second-order valence-electron chi connectivity index (χ2n) is 7.71. The van der Waals surface area contributed by atoms with Crippen LogP contribution in [0.5, 0.6) is 11.5 Å². The van der Waals surface area contributed by atoms with Crippen LogP contribution in [-0.4, -0.2) is 15.9 Å². The van der Waals surface area contributed by atoms with Crippen molar-refractivity contribution < 1.29 is 18.3 Å². The Kier molecular flexibility index (Phi) is 5.74. The van der Waals surface area contributed by atoms with Gasteiger partial charge in [-0.3, -0.25) is 14.8 Å². The molecule has 7 heteroatoms.